The van der Waals surface area contributed by atoms with Gasteiger partial charge in [-0.1, -0.05) is 28.1 Å². The predicted molar refractivity (Wildman–Crippen MR) is 105 cm³/mol. The van der Waals surface area contributed by atoms with Gasteiger partial charge < -0.3 is 4.74 Å². The van der Waals surface area contributed by atoms with Gasteiger partial charge in [0.1, 0.15) is 11.8 Å². The smallest absolute Gasteiger partial charge is 0.258 e. The standard InChI is InChI=1S/C19H21BrN4O2/c1-2-26-16-9-3-13(4-10-16)12-21-24-19(25)18-11-17(22-23-18)14-5-7-15(20)8-6-14/h3-10,12,17-18,22-23H,2,11H2,1H3,(H,24,25)/b21-12+. The lowest BCUT2D eigenvalue weighted by atomic mass is 10.0. The SMILES string of the molecule is CCOc1ccc(/C=N/NC(=O)C2CC(c3ccc(Br)cc3)NN2)cc1. The number of benzene rings is 2. The highest BCUT2D eigenvalue weighted by Gasteiger charge is 2.29. The maximum atomic E-state index is 12.3. The van der Waals surface area contributed by atoms with E-state index in [4.69, 9.17) is 4.74 Å². The lowest BCUT2D eigenvalue weighted by molar-refractivity contribution is -0.122. The van der Waals surface area contributed by atoms with Crippen LogP contribution in [-0.2, 0) is 4.79 Å². The van der Waals surface area contributed by atoms with Gasteiger partial charge in [0.15, 0.2) is 0 Å². The molecular weight excluding hydrogens is 396 g/mol. The van der Waals surface area contributed by atoms with Gasteiger partial charge in [-0.2, -0.15) is 5.10 Å². The molecule has 2 unspecified atom stereocenters. The van der Waals surface area contributed by atoms with Crippen LogP contribution >= 0.6 is 15.9 Å². The van der Waals surface area contributed by atoms with Crippen molar-refractivity contribution in [3.63, 3.8) is 0 Å². The number of hydrogen-bond donors (Lipinski definition) is 3. The summed E-state index contributed by atoms with van der Waals surface area (Å²) >= 11 is 3.43. The zero-order chi connectivity index (χ0) is 18.4. The minimum atomic E-state index is -0.332. The summed E-state index contributed by atoms with van der Waals surface area (Å²) in [6.07, 6.45) is 2.27. The van der Waals surface area contributed by atoms with Crippen molar-refractivity contribution >= 4 is 28.1 Å². The third kappa shape index (κ3) is 4.91. The van der Waals surface area contributed by atoms with Crippen molar-refractivity contribution in [3.8, 4) is 5.75 Å². The summed E-state index contributed by atoms with van der Waals surface area (Å²) in [6.45, 7) is 2.57. The molecule has 0 bridgehead atoms. The van der Waals surface area contributed by atoms with E-state index >= 15 is 0 Å². The minimum Gasteiger partial charge on any atom is -0.494 e. The van der Waals surface area contributed by atoms with Crippen molar-refractivity contribution in [1.29, 1.82) is 0 Å². The van der Waals surface area contributed by atoms with E-state index in [1.807, 2.05) is 55.5 Å². The number of hydrogen-bond acceptors (Lipinski definition) is 5. The van der Waals surface area contributed by atoms with Crippen LogP contribution in [0.5, 0.6) is 5.75 Å². The van der Waals surface area contributed by atoms with E-state index in [9.17, 15) is 4.79 Å². The summed E-state index contributed by atoms with van der Waals surface area (Å²) in [4.78, 5) is 12.3. The average Bonchev–Trinajstić information content (AvgIpc) is 3.14. The van der Waals surface area contributed by atoms with Crippen molar-refractivity contribution in [2.75, 3.05) is 6.61 Å². The summed E-state index contributed by atoms with van der Waals surface area (Å²) in [5.74, 6) is 0.646. The molecular formula is C19H21BrN4O2. The molecule has 0 spiro atoms. The monoisotopic (exact) mass is 416 g/mol. The Balaban J connectivity index is 1.50. The number of nitrogens with one attached hydrogen (secondary N) is 3. The van der Waals surface area contributed by atoms with Crippen molar-refractivity contribution in [1.82, 2.24) is 16.3 Å². The first-order valence-electron chi connectivity index (χ1n) is 8.48. The molecule has 2 aromatic rings. The summed E-state index contributed by atoms with van der Waals surface area (Å²) in [7, 11) is 0. The topological polar surface area (TPSA) is 74.8 Å². The van der Waals surface area contributed by atoms with Crippen LogP contribution < -0.4 is 21.0 Å². The molecule has 1 amide bonds. The molecule has 26 heavy (non-hydrogen) atoms. The van der Waals surface area contributed by atoms with Gasteiger partial charge in [-0.25, -0.2) is 16.3 Å². The first-order valence-corrected chi connectivity index (χ1v) is 9.27. The Hall–Kier alpha value is -2.22. The van der Waals surface area contributed by atoms with Crippen molar-refractivity contribution in [2.24, 2.45) is 5.10 Å². The van der Waals surface area contributed by atoms with Crippen molar-refractivity contribution in [3.05, 3.63) is 64.1 Å². The molecule has 0 saturated carbocycles. The number of halogens is 1. The second kappa shape index (κ2) is 8.93. The van der Waals surface area contributed by atoms with Gasteiger partial charge in [0.05, 0.1) is 12.8 Å². The Bertz CT molecular complexity index is 762. The van der Waals surface area contributed by atoms with Crippen LogP contribution in [0.15, 0.2) is 58.1 Å². The zero-order valence-corrected chi connectivity index (χ0v) is 16.0. The Kier molecular flexibility index (Phi) is 6.38. The predicted octanol–water partition coefficient (Wildman–Crippen LogP) is 2.91. The van der Waals surface area contributed by atoms with Gasteiger partial charge in [-0.15, -0.1) is 0 Å². The van der Waals surface area contributed by atoms with E-state index in [1.54, 1.807) is 6.21 Å². The van der Waals surface area contributed by atoms with Crippen molar-refractivity contribution in [2.45, 2.75) is 25.4 Å². The van der Waals surface area contributed by atoms with Crippen molar-refractivity contribution < 1.29 is 9.53 Å². The van der Waals surface area contributed by atoms with Crippen LogP contribution in [0.3, 0.4) is 0 Å². The fourth-order valence-corrected chi connectivity index (χ4v) is 2.97. The van der Waals surface area contributed by atoms with Gasteiger partial charge in [0.25, 0.3) is 5.91 Å². The molecule has 1 aliphatic rings. The maximum absolute atomic E-state index is 12.3. The van der Waals surface area contributed by atoms with Gasteiger partial charge in [-0.3, -0.25) is 4.79 Å². The number of nitrogens with zero attached hydrogens (tertiary/aromatic N) is 1. The molecule has 1 fully saturated rings. The lowest BCUT2D eigenvalue weighted by Gasteiger charge is -2.09. The highest BCUT2D eigenvalue weighted by molar-refractivity contribution is 9.10. The van der Waals surface area contributed by atoms with Gasteiger partial charge in [-0.05, 0) is 60.9 Å². The van der Waals surface area contributed by atoms with Crippen LogP contribution in [-0.4, -0.2) is 24.8 Å². The van der Waals surface area contributed by atoms with Gasteiger partial charge in [0.2, 0.25) is 0 Å². The van der Waals surface area contributed by atoms with E-state index < -0.39 is 0 Å². The van der Waals surface area contributed by atoms with Crippen LogP contribution in [0.25, 0.3) is 0 Å². The Morgan fingerprint density at radius 3 is 2.65 bits per heavy atom. The number of ether oxygens (including phenoxy) is 1. The Morgan fingerprint density at radius 2 is 1.96 bits per heavy atom. The van der Waals surface area contributed by atoms with Crippen LogP contribution in [0.2, 0.25) is 0 Å². The number of carbonyl (C=O) groups excluding carboxylic acids is 1. The molecule has 1 aliphatic heterocycles. The lowest BCUT2D eigenvalue weighted by Crippen LogP contribution is -2.41. The van der Waals surface area contributed by atoms with E-state index in [1.165, 1.54) is 0 Å². The van der Waals surface area contributed by atoms with Crippen LogP contribution in [0.4, 0.5) is 0 Å². The fourth-order valence-electron chi connectivity index (χ4n) is 2.71. The van der Waals surface area contributed by atoms with Crippen LogP contribution in [0, 0.1) is 0 Å². The molecule has 3 rings (SSSR count). The summed E-state index contributed by atoms with van der Waals surface area (Å²) in [5, 5.41) is 4.03. The molecule has 0 aliphatic carbocycles. The second-order valence-electron chi connectivity index (χ2n) is 5.92. The minimum absolute atomic E-state index is 0.0916. The molecule has 2 atom stereocenters. The third-order valence-corrected chi connectivity index (χ3v) is 4.60. The molecule has 3 N–H and O–H groups in total. The van der Waals surface area contributed by atoms with E-state index in [0.717, 1.165) is 21.3 Å². The number of hydrazine groups is 1. The normalized spacial score (nSPS) is 19.6. The Labute approximate surface area is 161 Å². The number of amides is 1. The summed E-state index contributed by atoms with van der Waals surface area (Å²) in [5.41, 5.74) is 10.8. The number of carbonyl (C=O) groups is 1. The molecule has 6 nitrogen and oxygen atoms in total. The molecule has 1 heterocycles. The second-order valence-corrected chi connectivity index (χ2v) is 6.83. The van der Waals surface area contributed by atoms with Gasteiger partial charge in [0, 0.05) is 10.5 Å². The Morgan fingerprint density at radius 1 is 1.23 bits per heavy atom. The highest BCUT2D eigenvalue weighted by Crippen LogP contribution is 2.23. The van der Waals surface area contributed by atoms with Crippen LogP contribution in [0.1, 0.15) is 30.5 Å². The molecule has 2 aromatic carbocycles. The number of rotatable bonds is 6. The first-order chi connectivity index (χ1) is 12.7. The molecule has 1 saturated heterocycles. The van der Waals surface area contributed by atoms with Gasteiger partial charge >= 0.3 is 0 Å². The molecule has 0 aromatic heterocycles. The summed E-state index contributed by atoms with van der Waals surface area (Å²) < 4.78 is 6.42. The first kappa shape index (κ1) is 18.6. The fraction of sp³-hybridized carbons (Fsp3) is 0.263. The maximum Gasteiger partial charge on any atom is 0.258 e. The number of hydrazone groups is 1. The molecule has 0 radical (unpaired) electrons. The largest absolute Gasteiger partial charge is 0.494 e. The third-order valence-electron chi connectivity index (χ3n) is 4.07. The highest BCUT2D eigenvalue weighted by atomic mass is 79.9. The van der Waals surface area contributed by atoms with E-state index in [0.29, 0.717) is 13.0 Å². The molecule has 7 heteroatoms. The van der Waals surface area contributed by atoms with E-state index in [-0.39, 0.29) is 18.0 Å². The van der Waals surface area contributed by atoms with E-state index in [2.05, 4.69) is 37.3 Å². The summed E-state index contributed by atoms with van der Waals surface area (Å²) in [6, 6.07) is 15.3. The molecule has 136 valence electrons. The average molecular weight is 417 g/mol. The zero-order valence-electron chi connectivity index (χ0n) is 14.4. The quantitative estimate of drug-likeness (QED) is 0.499.